The molecule has 34 heavy (non-hydrogen) atoms. The van der Waals surface area contributed by atoms with Gasteiger partial charge in [-0.1, -0.05) is 17.8 Å². The smallest absolute Gasteiger partial charge is 0.251 e. The largest absolute Gasteiger partial charge is 0.490 e. The number of amidine groups is 1. The lowest BCUT2D eigenvalue weighted by Crippen LogP contribution is -2.25. The Hall–Kier alpha value is -2.72. The van der Waals surface area contributed by atoms with Crippen LogP contribution in [0.15, 0.2) is 47.5 Å². The third-order valence-corrected chi connectivity index (χ3v) is 8.67. The zero-order chi connectivity index (χ0) is 24.1. The SMILES string of the molecule is CCOc1ccc(CCNC(=O)c2ccc(NC3=N[C@@H]4CS(=O)(=O)C[C@@H]4S3)cc2)cc1OCC. The van der Waals surface area contributed by atoms with Gasteiger partial charge < -0.3 is 20.1 Å². The lowest BCUT2D eigenvalue weighted by molar-refractivity contribution is 0.0954. The molecule has 10 heteroatoms. The lowest BCUT2D eigenvalue weighted by Gasteiger charge is -2.13. The number of carbonyl (C=O) groups is 1. The van der Waals surface area contributed by atoms with E-state index in [-0.39, 0.29) is 28.7 Å². The van der Waals surface area contributed by atoms with Gasteiger partial charge in [-0.3, -0.25) is 9.79 Å². The van der Waals surface area contributed by atoms with Crippen LogP contribution in [0, 0.1) is 0 Å². The third kappa shape index (κ3) is 6.04. The molecule has 2 N–H and O–H groups in total. The van der Waals surface area contributed by atoms with Crippen molar-refractivity contribution in [3.63, 3.8) is 0 Å². The predicted octanol–water partition coefficient (Wildman–Crippen LogP) is 3.14. The number of anilines is 1. The molecule has 1 amide bonds. The Morgan fingerprint density at radius 3 is 2.50 bits per heavy atom. The fraction of sp³-hybridized carbons (Fsp3) is 0.417. The first-order valence-corrected chi connectivity index (χ1v) is 14.1. The van der Waals surface area contributed by atoms with Crippen molar-refractivity contribution in [3.05, 3.63) is 53.6 Å². The first-order chi connectivity index (χ1) is 16.4. The van der Waals surface area contributed by atoms with E-state index in [1.165, 1.54) is 11.8 Å². The summed E-state index contributed by atoms with van der Waals surface area (Å²) in [5.74, 6) is 1.60. The minimum absolute atomic E-state index is 0.00228. The number of hydrogen-bond donors (Lipinski definition) is 2. The maximum absolute atomic E-state index is 12.5. The molecule has 8 nitrogen and oxygen atoms in total. The molecule has 2 atom stereocenters. The molecular weight excluding hydrogens is 474 g/mol. The highest BCUT2D eigenvalue weighted by atomic mass is 32.2. The van der Waals surface area contributed by atoms with Gasteiger partial charge in [-0.2, -0.15) is 0 Å². The molecule has 0 aromatic heterocycles. The fourth-order valence-corrected chi connectivity index (χ4v) is 7.59. The van der Waals surface area contributed by atoms with E-state index in [0.717, 1.165) is 22.2 Å². The van der Waals surface area contributed by atoms with Crippen molar-refractivity contribution in [2.45, 2.75) is 31.6 Å². The summed E-state index contributed by atoms with van der Waals surface area (Å²) in [6.07, 6.45) is 0.674. The molecule has 0 radical (unpaired) electrons. The Morgan fingerprint density at radius 1 is 1.06 bits per heavy atom. The highest BCUT2D eigenvalue weighted by molar-refractivity contribution is 8.15. The van der Waals surface area contributed by atoms with E-state index in [1.807, 2.05) is 44.2 Å². The van der Waals surface area contributed by atoms with Gasteiger partial charge in [-0.15, -0.1) is 0 Å². The second kappa shape index (κ2) is 10.7. The topological polar surface area (TPSA) is 106 Å². The number of nitrogens with zero attached hydrogens (tertiary/aromatic N) is 1. The monoisotopic (exact) mass is 503 g/mol. The second-order valence-electron chi connectivity index (χ2n) is 8.09. The van der Waals surface area contributed by atoms with Gasteiger partial charge in [0, 0.05) is 23.0 Å². The van der Waals surface area contributed by atoms with Crippen LogP contribution in [0.3, 0.4) is 0 Å². The molecule has 2 aliphatic heterocycles. The second-order valence-corrected chi connectivity index (χ2v) is 11.5. The summed E-state index contributed by atoms with van der Waals surface area (Å²) in [5, 5.41) is 6.89. The maximum atomic E-state index is 12.5. The molecule has 0 saturated carbocycles. The number of sulfone groups is 1. The molecule has 2 aromatic carbocycles. The van der Waals surface area contributed by atoms with E-state index in [2.05, 4.69) is 15.6 Å². The molecule has 2 aromatic rings. The normalized spacial score (nSPS) is 20.4. The molecular formula is C24H29N3O5S2. The van der Waals surface area contributed by atoms with Crippen LogP contribution in [0.4, 0.5) is 5.69 Å². The predicted molar refractivity (Wildman–Crippen MR) is 136 cm³/mol. The number of fused-ring (bicyclic) bond motifs is 1. The van der Waals surface area contributed by atoms with Crippen molar-refractivity contribution in [2.24, 2.45) is 4.99 Å². The van der Waals surface area contributed by atoms with Crippen molar-refractivity contribution in [3.8, 4) is 11.5 Å². The summed E-state index contributed by atoms with van der Waals surface area (Å²) in [7, 11) is -2.96. The number of carbonyl (C=O) groups excluding carboxylic acids is 1. The van der Waals surface area contributed by atoms with Crippen LogP contribution in [0.2, 0.25) is 0 Å². The number of amides is 1. The molecule has 4 rings (SSSR count). The number of ether oxygens (including phenoxy) is 2. The summed E-state index contributed by atoms with van der Waals surface area (Å²) in [6, 6.07) is 12.8. The average Bonchev–Trinajstić information content (AvgIpc) is 3.28. The fourth-order valence-electron chi connectivity index (χ4n) is 3.92. The van der Waals surface area contributed by atoms with Gasteiger partial charge in [0.1, 0.15) is 0 Å². The van der Waals surface area contributed by atoms with Crippen molar-refractivity contribution in [1.29, 1.82) is 0 Å². The number of rotatable bonds is 9. The van der Waals surface area contributed by atoms with Gasteiger partial charge in [0.05, 0.1) is 30.8 Å². The third-order valence-electron chi connectivity index (χ3n) is 5.52. The summed E-state index contributed by atoms with van der Waals surface area (Å²) < 4.78 is 34.6. The van der Waals surface area contributed by atoms with Gasteiger partial charge in [-0.05, 0) is 62.2 Å². The molecule has 1 saturated heterocycles. The van der Waals surface area contributed by atoms with Crippen LogP contribution in [0.1, 0.15) is 29.8 Å². The van der Waals surface area contributed by atoms with E-state index >= 15 is 0 Å². The minimum atomic E-state index is -2.96. The van der Waals surface area contributed by atoms with Crippen LogP contribution in [-0.2, 0) is 16.3 Å². The van der Waals surface area contributed by atoms with Gasteiger partial charge in [0.25, 0.3) is 5.91 Å². The highest BCUT2D eigenvalue weighted by Crippen LogP contribution is 2.34. The molecule has 0 bridgehead atoms. The molecule has 0 spiro atoms. The molecule has 182 valence electrons. The number of hydrogen-bond acceptors (Lipinski definition) is 8. The summed E-state index contributed by atoms with van der Waals surface area (Å²) in [4.78, 5) is 17.0. The average molecular weight is 504 g/mol. The molecule has 2 heterocycles. The van der Waals surface area contributed by atoms with E-state index < -0.39 is 9.84 Å². The first kappa shape index (κ1) is 24.4. The highest BCUT2D eigenvalue weighted by Gasteiger charge is 2.42. The van der Waals surface area contributed by atoms with Crippen molar-refractivity contribution in [1.82, 2.24) is 5.32 Å². The van der Waals surface area contributed by atoms with Gasteiger partial charge in [0.15, 0.2) is 26.5 Å². The van der Waals surface area contributed by atoms with E-state index in [9.17, 15) is 13.2 Å². The van der Waals surface area contributed by atoms with E-state index in [1.54, 1.807) is 12.1 Å². The Balaban J connectivity index is 1.27. The van der Waals surface area contributed by atoms with Crippen LogP contribution >= 0.6 is 11.8 Å². The first-order valence-electron chi connectivity index (χ1n) is 11.4. The van der Waals surface area contributed by atoms with E-state index in [0.29, 0.717) is 37.5 Å². The lowest BCUT2D eigenvalue weighted by atomic mass is 10.1. The van der Waals surface area contributed by atoms with Crippen molar-refractivity contribution < 1.29 is 22.7 Å². The van der Waals surface area contributed by atoms with Gasteiger partial charge in [0.2, 0.25) is 0 Å². The summed E-state index contributed by atoms with van der Waals surface area (Å²) in [6.45, 7) is 5.49. The van der Waals surface area contributed by atoms with Crippen LogP contribution in [-0.4, -0.2) is 62.0 Å². The van der Waals surface area contributed by atoms with E-state index in [4.69, 9.17) is 9.47 Å². The minimum Gasteiger partial charge on any atom is -0.490 e. The van der Waals surface area contributed by atoms with Crippen molar-refractivity contribution >= 4 is 38.4 Å². The summed E-state index contributed by atoms with van der Waals surface area (Å²) in [5.41, 5.74) is 2.43. The van der Waals surface area contributed by atoms with Gasteiger partial charge >= 0.3 is 0 Å². The van der Waals surface area contributed by atoms with Gasteiger partial charge in [-0.25, -0.2) is 8.42 Å². The van der Waals surface area contributed by atoms with Crippen LogP contribution < -0.4 is 20.1 Å². The quantitative estimate of drug-likeness (QED) is 0.542. The number of benzene rings is 2. The zero-order valence-electron chi connectivity index (χ0n) is 19.2. The number of nitrogens with one attached hydrogen (secondary N) is 2. The van der Waals surface area contributed by atoms with Crippen LogP contribution in [0.25, 0.3) is 0 Å². The number of aliphatic imine (C=N–C) groups is 1. The number of thioether (sulfide) groups is 1. The Kier molecular flexibility index (Phi) is 7.67. The Morgan fingerprint density at radius 2 is 1.79 bits per heavy atom. The van der Waals surface area contributed by atoms with Crippen LogP contribution in [0.5, 0.6) is 11.5 Å². The zero-order valence-corrected chi connectivity index (χ0v) is 20.9. The standard InChI is InChI=1S/C24H29N3O5S2/c1-3-31-20-10-5-16(13-21(20)32-4-2)11-12-25-23(28)17-6-8-18(9-7-17)26-24-27-19-14-34(29,30)15-22(19)33-24/h5-10,13,19,22H,3-4,11-12,14-15H2,1-2H3,(H,25,28)(H,26,27)/t19-,22+/m1/s1. The Bertz CT molecular complexity index is 1170. The Labute approximate surface area is 204 Å². The summed E-state index contributed by atoms with van der Waals surface area (Å²) >= 11 is 1.47. The molecule has 0 aliphatic carbocycles. The van der Waals surface area contributed by atoms with Crippen molar-refractivity contribution in [2.75, 3.05) is 36.6 Å². The molecule has 0 unspecified atom stereocenters. The molecule has 1 fully saturated rings. The molecule has 2 aliphatic rings. The maximum Gasteiger partial charge on any atom is 0.251 e.